The first-order chi connectivity index (χ1) is 4.66. The van der Waals surface area contributed by atoms with Gasteiger partial charge >= 0.3 is 0 Å². The second-order valence-electron chi connectivity index (χ2n) is 2.08. The van der Waals surface area contributed by atoms with Gasteiger partial charge in [-0.25, -0.2) is 0 Å². The van der Waals surface area contributed by atoms with Crippen molar-refractivity contribution in [1.82, 2.24) is 9.78 Å². The second-order valence-corrected chi connectivity index (χ2v) is 2.88. The third-order valence-electron chi connectivity index (χ3n) is 1.39. The number of thioether (sulfide) groups is 1. The molecular formula is C6H10N2OS. The van der Waals surface area contributed by atoms with Crippen molar-refractivity contribution in [1.29, 1.82) is 0 Å². The van der Waals surface area contributed by atoms with E-state index >= 15 is 0 Å². The molecule has 0 spiro atoms. The lowest BCUT2D eigenvalue weighted by Gasteiger charge is -1.94. The fourth-order valence-corrected chi connectivity index (χ4v) is 1.59. The zero-order valence-electron chi connectivity index (χ0n) is 6.25. The molecule has 1 N–H and O–H groups in total. The highest BCUT2D eigenvalue weighted by Crippen LogP contribution is 2.25. The van der Waals surface area contributed by atoms with Crippen molar-refractivity contribution >= 4 is 11.8 Å². The molecule has 0 aromatic carbocycles. The highest BCUT2D eigenvalue weighted by Gasteiger charge is 2.08. The van der Waals surface area contributed by atoms with Gasteiger partial charge in [0.2, 0.25) is 5.88 Å². The van der Waals surface area contributed by atoms with E-state index in [1.54, 1.807) is 16.4 Å². The molecule has 0 radical (unpaired) electrons. The maximum Gasteiger partial charge on any atom is 0.234 e. The van der Waals surface area contributed by atoms with Crippen LogP contribution in [0.1, 0.15) is 5.56 Å². The molecule has 0 atom stereocenters. The Morgan fingerprint density at radius 1 is 1.60 bits per heavy atom. The van der Waals surface area contributed by atoms with Gasteiger partial charge in [-0.05, 0) is 13.2 Å². The fraction of sp³-hybridized carbons (Fsp3) is 0.500. The minimum atomic E-state index is 0.131. The van der Waals surface area contributed by atoms with Crippen LogP contribution in [-0.2, 0) is 7.05 Å². The van der Waals surface area contributed by atoms with Crippen LogP contribution in [0.3, 0.4) is 0 Å². The first-order valence-corrected chi connectivity index (χ1v) is 4.16. The van der Waals surface area contributed by atoms with Gasteiger partial charge in [0.1, 0.15) is 5.03 Å². The SMILES string of the molecule is CSc1c(C)c(O)nn1C. The Morgan fingerprint density at radius 2 is 2.20 bits per heavy atom. The molecule has 1 aromatic heterocycles. The number of nitrogens with zero attached hydrogens (tertiary/aromatic N) is 2. The molecule has 10 heavy (non-hydrogen) atoms. The summed E-state index contributed by atoms with van der Waals surface area (Å²) in [4.78, 5) is 0. The first kappa shape index (κ1) is 7.47. The molecule has 0 saturated heterocycles. The lowest BCUT2D eigenvalue weighted by molar-refractivity contribution is 0.440. The van der Waals surface area contributed by atoms with Gasteiger partial charge in [0.05, 0.1) is 0 Å². The molecule has 1 heterocycles. The second kappa shape index (κ2) is 2.54. The molecule has 0 aliphatic carbocycles. The van der Waals surface area contributed by atoms with Crippen molar-refractivity contribution in [3.63, 3.8) is 0 Å². The average Bonchev–Trinajstić information content (AvgIpc) is 2.09. The van der Waals surface area contributed by atoms with Gasteiger partial charge in [0.25, 0.3) is 0 Å². The summed E-state index contributed by atoms with van der Waals surface area (Å²) in [7, 11) is 1.82. The van der Waals surface area contributed by atoms with Crippen LogP contribution in [-0.4, -0.2) is 21.1 Å². The quantitative estimate of drug-likeness (QED) is 0.623. The van der Waals surface area contributed by atoms with Gasteiger partial charge in [-0.1, -0.05) is 0 Å². The average molecular weight is 158 g/mol. The highest BCUT2D eigenvalue weighted by atomic mass is 32.2. The Kier molecular flexibility index (Phi) is 1.89. The third-order valence-corrected chi connectivity index (χ3v) is 2.35. The molecule has 0 saturated carbocycles. The van der Waals surface area contributed by atoms with Crippen LogP contribution >= 0.6 is 11.8 Å². The first-order valence-electron chi connectivity index (χ1n) is 2.93. The molecule has 0 aliphatic rings. The van der Waals surface area contributed by atoms with E-state index in [0.29, 0.717) is 0 Å². The van der Waals surface area contributed by atoms with Crippen LogP contribution in [0.4, 0.5) is 0 Å². The monoisotopic (exact) mass is 158 g/mol. The van der Waals surface area contributed by atoms with E-state index in [4.69, 9.17) is 5.11 Å². The largest absolute Gasteiger partial charge is 0.492 e. The summed E-state index contributed by atoms with van der Waals surface area (Å²) in [5.41, 5.74) is 0.856. The Hall–Kier alpha value is -0.640. The maximum atomic E-state index is 9.11. The Labute approximate surface area is 64.1 Å². The molecule has 0 unspecified atom stereocenters. The molecule has 0 amide bonds. The van der Waals surface area contributed by atoms with Gasteiger partial charge in [-0.3, -0.25) is 4.68 Å². The molecule has 0 fully saturated rings. The van der Waals surface area contributed by atoms with Gasteiger partial charge in [-0.15, -0.1) is 16.9 Å². The van der Waals surface area contributed by atoms with Crippen LogP contribution < -0.4 is 0 Å². The zero-order chi connectivity index (χ0) is 7.72. The zero-order valence-corrected chi connectivity index (χ0v) is 7.07. The number of hydrogen-bond donors (Lipinski definition) is 1. The number of aryl methyl sites for hydroxylation is 1. The maximum absolute atomic E-state index is 9.11. The molecule has 56 valence electrons. The smallest absolute Gasteiger partial charge is 0.234 e. The predicted molar refractivity (Wildman–Crippen MR) is 41.4 cm³/mol. The molecule has 0 bridgehead atoms. The van der Waals surface area contributed by atoms with E-state index in [1.165, 1.54) is 0 Å². The van der Waals surface area contributed by atoms with E-state index in [1.807, 2.05) is 20.2 Å². The fourth-order valence-electron chi connectivity index (χ4n) is 0.886. The summed E-state index contributed by atoms with van der Waals surface area (Å²) in [6.07, 6.45) is 1.96. The van der Waals surface area contributed by atoms with E-state index in [-0.39, 0.29) is 5.88 Å². The molecule has 3 nitrogen and oxygen atoms in total. The normalized spacial score (nSPS) is 10.3. The van der Waals surface area contributed by atoms with Gasteiger partial charge in [0, 0.05) is 12.6 Å². The van der Waals surface area contributed by atoms with Crippen LogP contribution in [0.5, 0.6) is 5.88 Å². The summed E-state index contributed by atoms with van der Waals surface area (Å²) in [5.74, 6) is 0.131. The topological polar surface area (TPSA) is 38.1 Å². The number of aromatic nitrogens is 2. The summed E-state index contributed by atoms with van der Waals surface area (Å²) >= 11 is 1.58. The van der Waals surface area contributed by atoms with Gasteiger partial charge < -0.3 is 5.11 Å². The number of aromatic hydroxyl groups is 1. The van der Waals surface area contributed by atoms with E-state index < -0.39 is 0 Å². The molecule has 1 aromatic rings. The molecule has 4 heteroatoms. The van der Waals surface area contributed by atoms with Crippen molar-refractivity contribution < 1.29 is 5.11 Å². The van der Waals surface area contributed by atoms with Crippen LogP contribution in [0.2, 0.25) is 0 Å². The van der Waals surface area contributed by atoms with Crippen molar-refractivity contribution in [2.24, 2.45) is 7.05 Å². The molecule has 1 rings (SSSR count). The van der Waals surface area contributed by atoms with Crippen molar-refractivity contribution in [2.45, 2.75) is 11.9 Å². The van der Waals surface area contributed by atoms with Gasteiger partial charge in [-0.2, -0.15) is 0 Å². The minimum absolute atomic E-state index is 0.131. The van der Waals surface area contributed by atoms with Crippen LogP contribution in [0.25, 0.3) is 0 Å². The standard InChI is InChI=1S/C6H10N2OS/c1-4-5(9)7-8(2)6(4)10-3/h1-3H3,(H,7,9). The Balaban J connectivity index is 3.20. The van der Waals surface area contributed by atoms with Gasteiger partial charge in [0.15, 0.2) is 0 Å². The lowest BCUT2D eigenvalue weighted by Crippen LogP contribution is -1.91. The van der Waals surface area contributed by atoms with E-state index in [9.17, 15) is 0 Å². The molecule has 0 aliphatic heterocycles. The summed E-state index contributed by atoms with van der Waals surface area (Å²) in [5, 5.41) is 14.0. The van der Waals surface area contributed by atoms with E-state index in [0.717, 1.165) is 10.6 Å². The van der Waals surface area contributed by atoms with Crippen molar-refractivity contribution in [3.8, 4) is 5.88 Å². The molecular weight excluding hydrogens is 148 g/mol. The van der Waals surface area contributed by atoms with Crippen molar-refractivity contribution in [3.05, 3.63) is 5.56 Å². The summed E-state index contributed by atoms with van der Waals surface area (Å²) < 4.78 is 1.68. The number of rotatable bonds is 1. The lowest BCUT2D eigenvalue weighted by atomic mass is 10.4. The Bertz CT molecular complexity index is 244. The minimum Gasteiger partial charge on any atom is -0.492 e. The third kappa shape index (κ3) is 0.988. The van der Waals surface area contributed by atoms with Crippen molar-refractivity contribution in [2.75, 3.05) is 6.26 Å². The van der Waals surface area contributed by atoms with E-state index in [2.05, 4.69) is 5.10 Å². The summed E-state index contributed by atoms with van der Waals surface area (Å²) in [6, 6.07) is 0. The highest BCUT2D eigenvalue weighted by molar-refractivity contribution is 7.98. The number of hydrogen-bond acceptors (Lipinski definition) is 3. The Morgan fingerprint density at radius 3 is 2.40 bits per heavy atom. The van der Waals surface area contributed by atoms with Crippen LogP contribution in [0.15, 0.2) is 5.03 Å². The van der Waals surface area contributed by atoms with Crippen LogP contribution in [0, 0.1) is 6.92 Å². The summed E-state index contributed by atoms with van der Waals surface area (Å²) in [6.45, 7) is 1.86. The predicted octanol–water partition coefficient (Wildman–Crippen LogP) is 1.16.